The normalized spacial score (nSPS) is 11.7. The van der Waals surface area contributed by atoms with Gasteiger partial charge in [0, 0.05) is 24.0 Å². The van der Waals surface area contributed by atoms with Crippen LogP contribution in [0.15, 0.2) is 24.4 Å². The Kier molecular flexibility index (Phi) is 4.35. The first kappa shape index (κ1) is 14.9. The largest absolute Gasteiger partial charge is 0.306 e. The second-order valence-corrected chi connectivity index (χ2v) is 6.23. The number of rotatable bonds is 3. The van der Waals surface area contributed by atoms with Crippen LogP contribution in [0.2, 0.25) is 5.02 Å². The number of nitrogens with one attached hydrogen (secondary N) is 1. The van der Waals surface area contributed by atoms with E-state index in [2.05, 4.69) is 41.0 Å². The molecule has 1 N–H and O–H groups in total. The molecule has 106 valence electrons. The Hall–Kier alpha value is -1.52. The van der Waals surface area contributed by atoms with Gasteiger partial charge in [-0.15, -0.1) is 0 Å². The molecule has 20 heavy (non-hydrogen) atoms. The summed E-state index contributed by atoms with van der Waals surface area (Å²) in [5, 5.41) is 4.03. The number of aromatic nitrogens is 3. The van der Waals surface area contributed by atoms with Gasteiger partial charge < -0.3 is 5.32 Å². The summed E-state index contributed by atoms with van der Waals surface area (Å²) in [7, 11) is 0. The van der Waals surface area contributed by atoms with E-state index < -0.39 is 0 Å². The lowest BCUT2D eigenvalue weighted by Gasteiger charge is -2.20. The van der Waals surface area contributed by atoms with Gasteiger partial charge in [0.15, 0.2) is 5.82 Å². The van der Waals surface area contributed by atoms with Crippen molar-refractivity contribution in [1.82, 2.24) is 20.3 Å². The van der Waals surface area contributed by atoms with E-state index in [1.54, 1.807) is 12.3 Å². The molecule has 2 heterocycles. The molecule has 0 aliphatic rings. The third-order valence-electron chi connectivity index (χ3n) is 2.66. The topological polar surface area (TPSA) is 50.7 Å². The number of pyridine rings is 1. The SMILES string of the molecule is Cc1cc(CNC(C)(C)C)nc(-c2ccc(Cl)cn2)n1. The minimum Gasteiger partial charge on any atom is -0.306 e. The van der Waals surface area contributed by atoms with Crippen LogP contribution in [0.5, 0.6) is 0 Å². The molecule has 0 bridgehead atoms. The summed E-state index contributed by atoms with van der Waals surface area (Å²) in [6, 6.07) is 5.61. The predicted octanol–water partition coefficient (Wildman–Crippen LogP) is 3.39. The minimum atomic E-state index is 0.0531. The highest BCUT2D eigenvalue weighted by molar-refractivity contribution is 6.30. The van der Waals surface area contributed by atoms with Crippen LogP contribution >= 0.6 is 11.6 Å². The van der Waals surface area contributed by atoms with Gasteiger partial charge in [-0.3, -0.25) is 4.98 Å². The van der Waals surface area contributed by atoms with E-state index in [4.69, 9.17) is 11.6 Å². The van der Waals surface area contributed by atoms with Crippen LogP contribution in [0.3, 0.4) is 0 Å². The Bertz CT molecular complexity index is 588. The van der Waals surface area contributed by atoms with Crippen LogP contribution < -0.4 is 5.32 Å². The molecule has 0 aromatic carbocycles. The smallest absolute Gasteiger partial charge is 0.178 e. The van der Waals surface area contributed by atoms with Gasteiger partial charge in [0.2, 0.25) is 0 Å². The Morgan fingerprint density at radius 1 is 1.20 bits per heavy atom. The Morgan fingerprint density at radius 2 is 1.95 bits per heavy atom. The van der Waals surface area contributed by atoms with E-state index in [9.17, 15) is 0 Å². The van der Waals surface area contributed by atoms with Gasteiger partial charge in [-0.25, -0.2) is 9.97 Å². The molecule has 0 atom stereocenters. The number of halogens is 1. The summed E-state index contributed by atoms with van der Waals surface area (Å²) >= 11 is 5.85. The second-order valence-electron chi connectivity index (χ2n) is 5.79. The summed E-state index contributed by atoms with van der Waals surface area (Å²) in [5.41, 5.74) is 2.67. The summed E-state index contributed by atoms with van der Waals surface area (Å²) in [4.78, 5) is 13.3. The Labute approximate surface area is 124 Å². The molecule has 2 aromatic rings. The Morgan fingerprint density at radius 3 is 2.55 bits per heavy atom. The quantitative estimate of drug-likeness (QED) is 0.941. The molecule has 0 aliphatic heterocycles. The van der Waals surface area contributed by atoms with E-state index in [0.717, 1.165) is 17.1 Å². The average molecular weight is 291 g/mol. The fourth-order valence-corrected chi connectivity index (χ4v) is 1.81. The molecule has 0 radical (unpaired) electrons. The third-order valence-corrected chi connectivity index (χ3v) is 2.89. The molecule has 0 amide bonds. The molecule has 4 nitrogen and oxygen atoms in total. The zero-order valence-electron chi connectivity index (χ0n) is 12.2. The first-order valence-corrected chi connectivity index (χ1v) is 6.93. The molecule has 5 heteroatoms. The molecule has 0 aliphatic carbocycles. The maximum atomic E-state index is 5.85. The molecular weight excluding hydrogens is 272 g/mol. The molecule has 0 saturated heterocycles. The monoisotopic (exact) mass is 290 g/mol. The summed E-state index contributed by atoms with van der Waals surface area (Å²) in [6.07, 6.45) is 1.61. The zero-order chi connectivity index (χ0) is 14.8. The van der Waals surface area contributed by atoms with Crippen molar-refractivity contribution >= 4 is 11.6 Å². The van der Waals surface area contributed by atoms with Gasteiger partial charge in [0.1, 0.15) is 5.69 Å². The molecule has 0 fully saturated rings. The average Bonchev–Trinajstić information content (AvgIpc) is 2.36. The van der Waals surface area contributed by atoms with Crippen LogP contribution in [-0.2, 0) is 6.54 Å². The van der Waals surface area contributed by atoms with Gasteiger partial charge in [-0.05, 0) is 45.9 Å². The van der Waals surface area contributed by atoms with E-state index >= 15 is 0 Å². The number of hydrogen-bond donors (Lipinski definition) is 1. The number of hydrogen-bond acceptors (Lipinski definition) is 4. The number of aryl methyl sites for hydroxylation is 1. The summed E-state index contributed by atoms with van der Waals surface area (Å²) < 4.78 is 0. The van der Waals surface area contributed by atoms with Crippen molar-refractivity contribution in [3.63, 3.8) is 0 Å². The van der Waals surface area contributed by atoms with Gasteiger partial charge >= 0.3 is 0 Å². The van der Waals surface area contributed by atoms with Crippen LogP contribution in [0.4, 0.5) is 0 Å². The van der Waals surface area contributed by atoms with Crippen molar-refractivity contribution in [3.8, 4) is 11.5 Å². The van der Waals surface area contributed by atoms with Gasteiger partial charge in [-0.1, -0.05) is 11.6 Å². The summed E-state index contributed by atoms with van der Waals surface area (Å²) in [5.74, 6) is 0.632. The minimum absolute atomic E-state index is 0.0531. The maximum Gasteiger partial charge on any atom is 0.178 e. The van der Waals surface area contributed by atoms with Crippen molar-refractivity contribution < 1.29 is 0 Å². The van der Waals surface area contributed by atoms with E-state index in [-0.39, 0.29) is 5.54 Å². The van der Waals surface area contributed by atoms with Crippen molar-refractivity contribution in [3.05, 3.63) is 40.8 Å². The van der Waals surface area contributed by atoms with Crippen molar-refractivity contribution in [2.45, 2.75) is 39.8 Å². The van der Waals surface area contributed by atoms with Crippen LogP contribution in [-0.4, -0.2) is 20.5 Å². The maximum absolute atomic E-state index is 5.85. The van der Waals surface area contributed by atoms with Crippen LogP contribution in [0, 0.1) is 6.92 Å². The molecule has 0 saturated carbocycles. The molecule has 2 rings (SSSR count). The van der Waals surface area contributed by atoms with E-state index in [1.807, 2.05) is 19.1 Å². The lowest BCUT2D eigenvalue weighted by atomic mass is 10.1. The first-order chi connectivity index (χ1) is 9.33. The van der Waals surface area contributed by atoms with Crippen molar-refractivity contribution in [2.75, 3.05) is 0 Å². The van der Waals surface area contributed by atoms with Crippen LogP contribution in [0.1, 0.15) is 32.2 Å². The van der Waals surface area contributed by atoms with Crippen molar-refractivity contribution in [1.29, 1.82) is 0 Å². The zero-order valence-corrected chi connectivity index (χ0v) is 13.0. The standard InChI is InChI=1S/C15H19ClN4/c1-10-7-12(9-18-15(2,3)4)20-14(19-10)13-6-5-11(16)8-17-13/h5-8,18H,9H2,1-4H3. The van der Waals surface area contributed by atoms with Crippen molar-refractivity contribution in [2.24, 2.45) is 0 Å². The van der Waals surface area contributed by atoms with Gasteiger partial charge in [-0.2, -0.15) is 0 Å². The third kappa shape index (κ3) is 4.25. The first-order valence-electron chi connectivity index (χ1n) is 6.55. The van der Waals surface area contributed by atoms with E-state index in [1.165, 1.54) is 0 Å². The fraction of sp³-hybridized carbons (Fsp3) is 0.400. The molecule has 2 aromatic heterocycles. The molecule has 0 spiro atoms. The Balaban J connectivity index is 2.26. The summed E-state index contributed by atoms with van der Waals surface area (Å²) in [6.45, 7) is 9.04. The van der Waals surface area contributed by atoms with E-state index in [0.29, 0.717) is 17.4 Å². The highest BCUT2D eigenvalue weighted by Crippen LogP contribution is 2.16. The number of nitrogens with zero attached hydrogens (tertiary/aromatic N) is 3. The van der Waals surface area contributed by atoms with Crippen LogP contribution in [0.25, 0.3) is 11.5 Å². The highest BCUT2D eigenvalue weighted by atomic mass is 35.5. The second kappa shape index (κ2) is 5.85. The lowest BCUT2D eigenvalue weighted by Crippen LogP contribution is -2.35. The van der Waals surface area contributed by atoms with Gasteiger partial charge in [0.25, 0.3) is 0 Å². The predicted molar refractivity (Wildman–Crippen MR) is 81.6 cm³/mol. The fourth-order valence-electron chi connectivity index (χ4n) is 1.70. The highest BCUT2D eigenvalue weighted by Gasteiger charge is 2.11. The lowest BCUT2D eigenvalue weighted by molar-refractivity contribution is 0.421. The molecule has 0 unspecified atom stereocenters. The van der Waals surface area contributed by atoms with Gasteiger partial charge in [0.05, 0.1) is 10.7 Å². The molecular formula is C15H19ClN4.